The number of carbonyl (C=O) groups excluding carboxylic acids is 1. The Morgan fingerprint density at radius 1 is 1.23 bits per heavy atom. The van der Waals surface area contributed by atoms with Gasteiger partial charge in [0.2, 0.25) is 5.91 Å². The molecule has 0 radical (unpaired) electrons. The molecule has 3 N–H and O–H groups in total. The van der Waals surface area contributed by atoms with Gasteiger partial charge in [-0.25, -0.2) is 9.37 Å². The Morgan fingerprint density at radius 2 is 1.98 bits per heavy atom. The van der Waals surface area contributed by atoms with Crippen molar-refractivity contribution in [3.63, 3.8) is 0 Å². The number of rotatable bonds is 12. The van der Waals surface area contributed by atoms with Gasteiger partial charge >= 0.3 is 6.18 Å². The van der Waals surface area contributed by atoms with Crippen molar-refractivity contribution in [3.8, 4) is 11.6 Å². The number of hydrogen-bond acceptors (Lipinski definition) is 7. The lowest BCUT2D eigenvalue weighted by Crippen LogP contribution is -2.52. The van der Waals surface area contributed by atoms with Crippen molar-refractivity contribution in [1.82, 2.24) is 15.6 Å². The lowest BCUT2D eigenvalue weighted by Gasteiger charge is -2.48. The van der Waals surface area contributed by atoms with Crippen molar-refractivity contribution in [2.24, 2.45) is 5.41 Å². The van der Waals surface area contributed by atoms with Gasteiger partial charge in [-0.05, 0) is 61.3 Å². The van der Waals surface area contributed by atoms with Crippen LogP contribution in [0.2, 0.25) is 0 Å². The Kier molecular flexibility index (Phi) is 10.2. The topological polar surface area (TPSA) is 102 Å². The SMILES string of the molecule is COCC(=O)N[C@@H](Cc1cccc(F)c1)[C@@H](O)CN[C@H]1CC2(CCC2)Oc2c1cc(CC(C)(C)C)nc2OCC(F)(F)F. The zero-order valence-electron chi connectivity index (χ0n) is 25.0. The molecule has 8 nitrogen and oxygen atoms in total. The molecule has 2 aliphatic rings. The first-order valence-corrected chi connectivity index (χ1v) is 14.5. The fraction of sp³-hybridized carbons (Fsp3) is 0.613. The minimum absolute atomic E-state index is 0.0309. The van der Waals surface area contributed by atoms with Crippen molar-refractivity contribution in [1.29, 1.82) is 0 Å². The largest absolute Gasteiger partial charge is 0.481 e. The lowest BCUT2D eigenvalue weighted by molar-refractivity contribution is -0.154. The molecule has 3 atom stereocenters. The van der Waals surface area contributed by atoms with E-state index < -0.39 is 48.3 Å². The van der Waals surface area contributed by atoms with E-state index in [-0.39, 0.29) is 36.6 Å². The van der Waals surface area contributed by atoms with Crippen LogP contribution in [0.5, 0.6) is 11.6 Å². The van der Waals surface area contributed by atoms with Crippen LogP contribution in [0, 0.1) is 11.2 Å². The fourth-order valence-electron chi connectivity index (χ4n) is 5.61. The number of nitrogens with one attached hydrogen (secondary N) is 2. The van der Waals surface area contributed by atoms with Crippen LogP contribution in [0.3, 0.4) is 0 Å². The van der Waals surface area contributed by atoms with E-state index in [0.717, 1.165) is 19.3 Å². The standard InChI is InChI=1S/C31H41F4N3O5/c1-29(2,3)14-21-13-22-24(15-30(9-6-10-30)43-27(22)28(37-21)42-18-31(33,34)35)36-16-25(39)23(38-26(40)17-41-4)12-19-7-5-8-20(32)11-19/h5,7-8,11,13,23-25,36,39H,6,9-10,12,14-18H2,1-4H3,(H,38,40)/t23-,24-,25-/m0/s1. The number of carbonyl (C=O) groups is 1. The molecule has 1 amide bonds. The highest BCUT2D eigenvalue weighted by Crippen LogP contribution is 2.52. The Bertz CT molecular complexity index is 1260. The number of fused-ring (bicyclic) bond motifs is 1. The highest BCUT2D eigenvalue weighted by atomic mass is 19.4. The van der Waals surface area contributed by atoms with E-state index in [1.165, 1.54) is 19.2 Å². The first-order valence-electron chi connectivity index (χ1n) is 14.5. The highest BCUT2D eigenvalue weighted by molar-refractivity contribution is 5.77. The number of benzene rings is 1. The lowest BCUT2D eigenvalue weighted by atomic mass is 9.73. The Labute approximate surface area is 249 Å². The molecule has 0 saturated heterocycles. The first-order chi connectivity index (χ1) is 20.2. The maximum absolute atomic E-state index is 13.9. The third-order valence-electron chi connectivity index (χ3n) is 7.65. The summed E-state index contributed by atoms with van der Waals surface area (Å²) in [7, 11) is 1.38. The summed E-state index contributed by atoms with van der Waals surface area (Å²) in [5.74, 6) is -0.871. The fourth-order valence-corrected chi connectivity index (χ4v) is 5.61. The number of aliphatic hydroxyl groups excluding tert-OH is 1. The van der Waals surface area contributed by atoms with Crippen molar-refractivity contribution < 1.29 is 41.7 Å². The summed E-state index contributed by atoms with van der Waals surface area (Å²) in [4.78, 5) is 16.8. The zero-order chi connectivity index (χ0) is 31.4. The van der Waals surface area contributed by atoms with Gasteiger partial charge in [-0.3, -0.25) is 4.79 Å². The summed E-state index contributed by atoms with van der Waals surface area (Å²) >= 11 is 0. The van der Waals surface area contributed by atoms with Crippen LogP contribution < -0.4 is 20.1 Å². The number of hydrogen-bond donors (Lipinski definition) is 3. The van der Waals surface area contributed by atoms with Crippen LogP contribution in [0.15, 0.2) is 30.3 Å². The van der Waals surface area contributed by atoms with E-state index in [1.54, 1.807) is 12.1 Å². The van der Waals surface area contributed by atoms with Gasteiger partial charge in [-0.2, -0.15) is 13.2 Å². The van der Waals surface area contributed by atoms with Gasteiger partial charge in [0.05, 0.1) is 12.1 Å². The molecule has 43 heavy (non-hydrogen) atoms. The molecule has 0 unspecified atom stereocenters. The Hall–Kier alpha value is -2.96. The van der Waals surface area contributed by atoms with Gasteiger partial charge in [0.15, 0.2) is 12.4 Å². The van der Waals surface area contributed by atoms with E-state index in [9.17, 15) is 27.5 Å². The number of methoxy groups -OCH3 is 1. The molecule has 4 rings (SSSR count). The molecule has 1 aliphatic carbocycles. The third-order valence-corrected chi connectivity index (χ3v) is 7.65. The first kappa shape index (κ1) is 32.9. The third kappa shape index (κ3) is 9.26. The zero-order valence-corrected chi connectivity index (χ0v) is 25.0. The van der Waals surface area contributed by atoms with E-state index in [1.807, 2.05) is 26.8 Å². The van der Waals surface area contributed by atoms with Crippen molar-refractivity contribution in [2.75, 3.05) is 26.9 Å². The van der Waals surface area contributed by atoms with E-state index in [2.05, 4.69) is 15.6 Å². The molecular formula is C31H41F4N3O5. The number of aliphatic hydroxyl groups is 1. The second-order valence-corrected chi connectivity index (χ2v) is 12.8. The van der Waals surface area contributed by atoms with E-state index >= 15 is 0 Å². The molecule has 1 aromatic carbocycles. The summed E-state index contributed by atoms with van der Waals surface area (Å²) in [6.07, 6.45) is -2.08. The Morgan fingerprint density at radius 3 is 2.58 bits per heavy atom. The molecule has 1 aliphatic heterocycles. The summed E-state index contributed by atoms with van der Waals surface area (Å²) in [6, 6.07) is 6.60. The number of aromatic nitrogens is 1. The van der Waals surface area contributed by atoms with Gasteiger partial charge in [-0.15, -0.1) is 0 Å². The second-order valence-electron chi connectivity index (χ2n) is 12.8. The van der Waals surface area contributed by atoms with Crippen LogP contribution in [-0.4, -0.2) is 66.8 Å². The van der Waals surface area contributed by atoms with Crippen LogP contribution in [0.25, 0.3) is 0 Å². The Balaban J connectivity index is 1.61. The monoisotopic (exact) mass is 611 g/mol. The van der Waals surface area contributed by atoms with Gasteiger partial charge in [0, 0.05) is 37.4 Å². The molecule has 1 spiro atoms. The van der Waals surface area contributed by atoms with Gasteiger partial charge in [-0.1, -0.05) is 32.9 Å². The number of halogens is 4. The van der Waals surface area contributed by atoms with Crippen LogP contribution in [0.1, 0.15) is 69.3 Å². The average Bonchev–Trinajstić information content (AvgIpc) is 2.87. The number of amides is 1. The molecule has 2 heterocycles. The molecule has 0 bridgehead atoms. The van der Waals surface area contributed by atoms with Gasteiger partial charge in [0.1, 0.15) is 18.0 Å². The van der Waals surface area contributed by atoms with Crippen molar-refractivity contribution in [3.05, 3.63) is 53.0 Å². The molecule has 1 aromatic heterocycles. The molecule has 238 valence electrons. The minimum Gasteiger partial charge on any atom is -0.481 e. The van der Waals surface area contributed by atoms with Crippen molar-refractivity contribution in [2.45, 2.75) is 89.3 Å². The summed E-state index contributed by atoms with van der Waals surface area (Å²) in [5.41, 5.74) is 1.00. The predicted molar refractivity (Wildman–Crippen MR) is 151 cm³/mol. The van der Waals surface area contributed by atoms with Gasteiger partial charge < -0.3 is 30.0 Å². The molecular weight excluding hydrogens is 570 g/mol. The number of ether oxygens (including phenoxy) is 3. The van der Waals surface area contributed by atoms with Crippen LogP contribution >= 0.6 is 0 Å². The smallest absolute Gasteiger partial charge is 0.422 e. The maximum Gasteiger partial charge on any atom is 0.422 e. The normalized spacial score (nSPS) is 19.1. The average molecular weight is 612 g/mol. The maximum atomic E-state index is 13.9. The van der Waals surface area contributed by atoms with Gasteiger partial charge in [0.25, 0.3) is 5.88 Å². The summed E-state index contributed by atoms with van der Waals surface area (Å²) < 4.78 is 69.8. The second kappa shape index (κ2) is 13.4. The minimum atomic E-state index is -4.55. The number of nitrogens with zero attached hydrogens (tertiary/aromatic N) is 1. The molecule has 1 saturated carbocycles. The van der Waals surface area contributed by atoms with Crippen LogP contribution in [-0.2, 0) is 22.4 Å². The molecule has 12 heteroatoms. The number of alkyl halides is 3. The predicted octanol–water partition coefficient (Wildman–Crippen LogP) is 4.82. The molecule has 1 fully saturated rings. The molecule has 2 aromatic rings. The summed E-state index contributed by atoms with van der Waals surface area (Å²) in [6.45, 7) is 4.34. The highest BCUT2D eigenvalue weighted by Gasteiger charge is 2.47. The summed E-state index contributed by atoms with van der Waals surface area (Å²) in [5, 5.41) is 17.4. The van der Waals surface area contributed by atoms with Crippen LogP contribution in [0.4, 0.5) is 17.6 Å². The van der Waals surface area contributed by atoms with Crippen molar-refractivity contribution >= 4 is 5.91 Å². The quantitative estimate of drug-likeness (QED) is 0.296. The van der Waals surface area contributed by atoms with E-state index in [4.69, 9.17) is 14.2 Å². The number of pyridine rings is 1. The van der Waals surface area contributed by atoms with E-state index in [0.29, 0.717) is 29.7 Å².